The molecular formula is C17H21NO3. The van der Waals surface area contributed by atoms with Gasteiger partial charge in [-0.1, -0.05) is 24.3 Å². The van der Waals surface area contributed by atoms with E-state index in [9.17, 15) is 14.7 Å². The van der Waals surface area contributed by atoms with Gasteiger partial charge in [0, 0.05) is 6.54 Å². The van der Waals surface area contributed by atoms with Crippen LogP contribution in [0.15, 0.2) is 24.3 Å². The van der Waals surface area contributed by atoms with Crippen molar-refractivity contribution in [3.63, 3.8) is 0 Å². The van der Waals surface area contributed by atoms with Crippen LogP contribution in [0.4, 0.5) is 0 Å². The first-order valence-electron chi connectivity index (χ1n) is 8.00. The molecule has 0 aromatic carbocycles. The van der Waals surface area contributed by atoms with Crippen LogP contribution in [0.5, 0.6) is 0 Å². The van der Waals surface area contributed by atoms with Crippen molar-refractivity contribution in [2.24, 2.45) is 41.4 Å². The minimum absolute atomic E-state index is 0.0497. The molecule has 1 amide bonds. The highest BCUT2D eigenvalue weighted by Gasteiger charge is 2.51. The summed E-state index contributed by atoms with van der Waals surface area (Å²) in [4.78, 5) is 23.9. The number of hydrogen-bond donors (Lipinski definition) is 2. The predicted molar refractivity (Wildman–Crippen MR) is 77.2 cm³/mol. The fourth-order valence-corrected chi connectivity index (χ4v) is 5.00. The lowest BCUT2D eigenvalue weighted by atomic mass is 9.82. The van der Waals surface area contributed by atoms with Gasteiger partial charge in [0.25, 0.3) is 0 Å². The molecule has 4 nitrogen and oxygen atoms in total. The van der Waals surface area contributed by atoms with Gasteiger partial charge in [-0.05, 0) is 48.9 Å². The van der Waals surface area contributed by atoms with Crippen LogP contribution in [0.2, 0.25) is 0 Å². The maximum atomic E-state index is 12.5. The van der Waals surface area contributed by atoms with Gasteiger partial charge in [0.05, 0.1) is 11.8 Å². The molecule has 21 heavy (non-hydrogen) atoms. The molecule has 4 aliphatic carbocycles. The number of carboxylic acids is 1. The third-order valence-corrected chi connectivity index (χ3v) is 6.00. The number of nitrogens with one attached hydrogen (secondary N) is 1. The Balaban J connectivity index is 1.40. The van der Waals surface area contributed by atoms with E-state index in [4.69, 9.17) is 0 Å². The molecule has 0 heterocycles. The Labute approximate surface area is 124 Å². The number of rotatable bonds is 4. The van der Waals surface area contributed by atoms with E-state index in [1.54, 1.807) is 0 Å². The van der Waals surface area contributed by atoms with Gasteiger partial charge in [-0.15, -0.1) is 0 Å². The Morgan fingerprint density at radius 3 is 2.29 bits per heavy atom. The van der Waals surface area contributed by atoms with Gasteiger partial charge in [0.2, 0.25) is 5.91 Å². The topological polar surface area (TPSA) is 66.4 Å². The first-order chi connectivity index (χ1) is 10.1. The molecule has 7 atom stereocenters. The Hall–Kier alpha value is -1.58. The fourth-order valence-electron chi connectivity index (χ4n) is 5.00. The van der Waals surface area contributed by atoms with Crippen molar-refractivity contribution in [1.82, 2.24) is 5.32 Å². The minimum Gasteiger partial charge on any atom is -0.481 e. The number of allylic oxidation sites excluding steroid dienone is 4. The quantitative estimate of drug-likeness (QED) is 0.775. The zero-order valence-corrected chi connectivity index (χ0v) is 11.9. The van der Waals surface area contributed by atoms with E-state index >= 15 is 0 Å². The van der Waals surface area contributed by atoms with E-state index in [0.717, 1.165) is 6.42 Å². The summed E-state index contributed by atoms with van der Waals surface area (Å²) in [6.07, 6.45) is 11.8. The predicted octanol–water partition coefficient (Wildman–Crippen LogP) is 1.84. The van der Waals surface area contributed by atoms with E-state index in [-0.39, 0.29) is 23.7 Å². The number of fused-ring (bicyclic) bond motifs is 4. The molecule has 0 unspecified atom stereocenters. The van der Waals surface area contributed by atoms with Gasteiger partial charge in [0.15, 0.2) is 0 Å². The third-order valence-electron chi connectivity index (χ3n) is 6.00. The number of hydrogen-bond acceptors (Lipinski definition) is 2. The molecule has 2 saturated carbocycles. The normalized spacial score (nSPS) is 45.4. The highest BCUT2D eigenvalue weighted by Crippen LogP contribution is 2.48. The van der Waals surface area contributed by atoms with Gasteiger partial charge in [-0.3, -0.25) is 9.59 Å². The first-order valence-corrected chi connectivity index (χ1v) is 8.00. The fraction of sp³-hybridized carbons (Fsp3) is 0.647. The smallest absolute Gasteiger partial charge is 0.307 e. The maximum absolute atomic E-state index is 12.5. The van der Waals surface area contributed by atoms with E-state index in [0.29, 0.717) is 24.3 Å². The number of carbonyl (C=O) groups excluding carboxylic acids is 1. The van der Waals surface area contributed by atoms with Crippen molar-refractivity contribution in [3.8, 4) is 0 Å². The van der Waals surface area contributed by atoms with Crippen molar-refractivity contribution in [2.45, 2.75) is 19.3 Å². The van der Waals surface area contributed by atoms with Crippen LogP contribution in [0, 0.1) is 41.4 Å². The Kier molecular flexibility index (Phi) is 2.95. The third kappa shape index (κ3) is 2.03. The van der Waals surface area contributed by atoms with Crippen molar-refractivity contribution < 1.29 is 14.7 Å². The van der Waals surface area contributed by atoms with Crippen LogP contribution >= 0.6 is 0 Å². The average Bonchev–Trinajstić information content (AvgIpc) is 3.21. The summed E-state index contributed by atoms with van der Waals surface area (Å²) in [5, 5.41) is 12.4. The van der Waals surface area contributed by atoms with Crippen LogP contribution in [0.3, 0.4) is 0 Å². The highest BCUT2D eigenvalue weighted by atomic mass is 16.4. The summed E-state index contributed by atoms with van der Waals surface area (Å²) in [6, 6.07) is 0. The highest BCUT2D eigenvalue weighted by molar-refractivity contribution is 5.86. The van der Waals surface area contributed by atoms with E-state index < -0.39 is 11.9 Å². The molecule has 0 aromatic rings. The lowest BCUT2D eigenvalue weighted by Gasteiger charge is -2.25. The monoisotopic (exact) mass is 287 g/mol. The number of carboxylic acid groups (broad SMARTS) is 1. The summed E-state index contributed by atoms with van der Waals surface area (Å²) < 4.78 is 0. The minimum atomic E-state index is -0.824. The van der Waals surface area contributed by atoms with E-state index in [1.807, 2.05) is 12.2 Å². The zero-order valence-electron chi connectivity index (χ0n) is 11.9. The van der Waals surface area contributed by atoms with Gasteiger partial charge in [0.1, 0.15) is 0 Å². The largest absolute Gasteiger partial charge is 0.481 e. The second-order valence-corrected chi connectivity index (χ2v) is 7.12. The van der Waals surface area contributed by atoms with Gasteiger partial charge < -0.3 is 10.4 Å². The second-order valence-electron chi connectivity index (χ2n) is 7.12. The number of amides is 1. The second kappa shape index (κ2) is 4.72. The van der Waals surface area contributed by atoms with Gasteiger partial charge in [-0.25, -0.2) is 0 Å². The first kappa shape index (κ1) is 13.1. The summed E-state index contributed by atoms with van der Waals surface area (Å²) in [6.45, 7) is 0.703. The van der Waals surface area contributed by atoms with Crippen LogP contribution in [0.1, 0.15) is 19.3 Å². The van der Waals surface area contributed by atoms with Crippen LogP contribution < -0.4 is 5.32 Å². The summed E-state index contributed by atoms with van der Waals surface area (Å²) in [5.41, 5.74) is 0. The molecule has 0 saturated heterocycles. The molecule has 0 aliphatic heterocycles. The zero-order chi connectivity index (χ0) is 14.6. The van der Waals surface area contributed by atoms with Crippen LogP contribution in [0.25, 0.3) is 0 Å². The molecular weight excluding hydrogens is 266 g/mol. The Morgan fingerprint density at radius 2 is 1.67 bits per heavy atom. The lowest BCUT2D eigenvalue weighted by molar-refractivity contribution is -0.147. The molecule has 0 spiro atoms. The molecule has 4 heteroatoms. The molecule has 4 bridgehead atoms. The van der Waals surface area contributed by atoms with Gasteiger partial charge in [-0.2, -0.15) is 0 Å². The number of carbonyl (C=O) groups is 2. The molecule has 4 rings (SSSR count). The molecule has 4 aliphatic rings. The Morgan fingerprint density at radius 1 is 0.952 bits per heavy atom. The van der Waals surface area contributed by atoms with E-state index in [1.165, 1.54) is 12.8 Å². The molecule has 2 N–H and O–H groups in total. The molecule has 0 aromatic heterocycles. The van der Waals surface area contributed by atoms with Crippen molar-refractivity contribution >= 4 is 11.9 Å². The molecule has 2 fully saturated rings. The SMILES string of the molecule is O=C(O)[C@@H]1[C@H](C(=O)NC[C@@H]2C[C@@H]3C=C[C@H]2C3)[C@@H]2C=C[C@H]1C2. The summed E-state index contributed by atoms with van der Waals surface area (Å²) >= 11 is 0. The molecule has 0 radical (unpaired) electrons. The Bertz CT molecular complexity index is 538. The number of aliphatic carboxylic acids is 1. The summed E-state index contributed by atoms with van der Waals surface area (Å²) in [7, 11) is 0. The van der Waals surface area contributed by atoms with Crippen molar-refractivity contribution in [1.29, 1.82) is 0 Å². The average molecular weight is 287 g/mol. The van der Waals surface area contributed by atoms with Crippen LogP contribution in [-0.2, 0) is 9.59 Å². The summed E-state index contributed by atoms with van der Waals surface area (Å²) in [5.74, 6) is 0.262. The van der Waals surface area contributed by atoms with Crippen molar-refractivity contribution in [2.75, 3.05) is 6.54 Å². The maximum Gasteiger partial charge on any atom is 0.307 e. The van der Waals surface area contributed by atoms with E-state index in [2.05, 4.69) is 17.5 Å². The molecule has 112 valence electrons. The van der Waals surface area contributed by atoms with Gasteiger partial charge >= 0.3 is 5.97 Å². The lowest BCUT2D eigenvalue weighted by Crippen LogP contribution is -2.42. The van der Waals surface area contributed by atoms with Crippen molar-refractivity contribution in [3.05, 3.63) is 24.3 Å². The van der Waals surface area contributed by atoms with Crippen LogP contribution in [-0.4, -0.2) is 23.5 Å². The standard InChI is InChI=1S/C17H21NO3/c19-16(18-8-13-6-9-1-2-10(13)5-9)14-11-3-4-12(7-11)15(14)17(20)21/h1-4,9-15H,5-8H2,(H,18,19)(H,20,21)/t9-,10+,11-,12+,13+,14-,15+/m1/s1.